The number of fused-ring (bicyclic) bond motifs is 1. The summed E-state index contributed by atoms with van der Waals surface area (Å²) in [5.74, 6) is 0.177. The van der Waals surface area contributed by atoms with E-state index in [1.54, 1.807) is 24.5 Å². The Kier molecular flexibility index (Phi) is 6.68. The molecule has 4 aromatic rings. The Balaban J connectivity index is 1.42. The van der Waals surface area contributed by atoms with E-state index >= 15 is 0 Å². The van der Waals surface area contributed by atoms with E-state index in [4.69, 9.17) is 15.5 Å². The third-order valence-electron chi connectivity index (χ3n) is 6.16. The summed E-state index contributed by atoms with van der Waals surface area (Å²) in [5, 5.41) is 10.3. The first kappa shape index (κ1) is 23.6. The zero-order valence-electron chi connectivity index (χ0n) is 19.7. The van der Waals surface area contributed by atoms with Gasteiger partial charge in [-0.2, -0.15) is 0 Å². The van der Waals surface area contributed by atoms with Crippen LogP contribution in [0, 0.1) is 0 Å². The van der Waals surface area contributed by atoms with E-state index in [1.807, 2.05) is 42.5 Å². The van der Waals surface area contributed by atoms with Crippen LogP contribution < -0.4 is 21.7 Å². The minimum atomic E-state index is -0.516. The van der Waals surface area contributed by atoms with Crippen molar-refractivity contribution in [1.29, 1.82) is 0 Å². The number of rotatable bonds is 7. The average Bonchev–Trinajstić information content (AvgIpc) is 2.93. The number of nitrogens with one attached hydrogen (secondary N) is 3. The Bertz CT molecular complexity index is 1400. The molecule has 1 aliphatic heterocycles. The smallest absolute Gasteiger partial charge is 0.247 e. The summed E-state index contributed by atoms with van der Waals surface area (Å²) in [4.78, 5) is 25.5. The number of hydrogen-bond acceptors (Lipinski definition) is 8. The van der Waals surface area contributed by atoms with Crippen LogP contribution >= 0.6 is 0 Å². The van der Waals surface area contributed by atoms with Crippen molar-refractivity contribution in [3.05, 3.63) is 85.2 Å². The molecule has 3 heterocycles. The number of nitrogens with two attached hydrogens (primary N) is 1. The average molecular weight is 482 g/mol. The summed E-state index contributed by atoms with van der Waals surface area (Å²) in [5.41, 5.74) is 10.3. The van der Waals surface area contributed by atoms with Crippen LogP contribution in [0.3, 0.4) is 0 Å². The molecule has 5 N–H and O–H groups in total. The fourth-order valence-corrected chi connectivity index (χ4v) is 4.25. The van der Waals surface area contributed by atoms with Gasteiger partial charge in [0, 0.05) is 54.4 Å². The van der Waals surface area contributed by atoms with Crippen LogP contribution in [0.2, 0.25) is 0 Å². The van der Waals surface area contributed by atoms with Crippen molar-refractivity contribution in [2.45, 2.75) is 5.60 Å². The van der Waals surface area contributed by atoms with Crippen molar-refractivity contribution in [2.24, 2.45) is 5.73 Å². The van der Waals surface area contributed by atoms with Gasteiger partial charge in [0.25, 0.3) is 0 Å². The van der Waals surface area contributed by atoms with Gasteiger partial charge in [0.1, 0.15) is 5.60 Å². The number of aromatic nitrogens is 3. The Morgan fingerprint density at radius 1 is 1.17 bits per heavy atom. The highest BCUT2D eigenvalue weighted by atomic mass is 16.5. The van der Waals surface area contributed by atoms with Gasteiger partial charge in [-0.25, -0.2) is 9.97 Å². The summed E-state index contributed by atoms with van der Waals surface area (Å²) in [7, 11) is 0. The van der Waals surface area contributed by atoms with Crippen LogP contribution in [-0.4, -0.2) is 47.1 Å². The Labute approximate surface area is 208 Å². The molecule has 9 nitrogen and oxygen atoms in total. The maximum atomic E-state index is 11.7. The summed E-state index contributed by atoms with van der Waals surface area (Å²) in [6, 6.07) is 17.3. The minimum Gasteiger partial charge on any atom is -0.366 e. The third kappa shape index (κ3) is 4.80. The van der Waals surface area contributed by atoms with Crippen LogP contribution in [0.15, 0.2) is 79.6 Å². The van der Waals surface area contributed by atoms with Crippen molar-refractivity contribution in [1.82, 2.24) is 20.3 Å². The Morgan fingerprint density at radius 2 is 2.03 bits per heavy atom. The summed E-state index contributed by atoms with van der Waals surface area (Å²) >= 11 is 0. The molecule has 0 spiro atoms. The number of hydrogen-bond donors (Lipinski definition) is 4. The highest BCUT2D eigenvalue weighted by molar-refractivity contribution is 5.99. The lowest BCUT2D eigenvalue weighted by Crippen LogP contribution is -2.51. The molecule has 9 heteroatoms. The Morgan fingerprint density at radius 3 is 2.78 bits per heavy atom. The number of ether oxygens (including phenoxy) is 1. The highest BCUT2D eigenvalue weighted by Gasteiger charge is 2.33. The molecule has 0 bridgehead atoms. The van der Waals surface area contributed by atoms with Gasteiger partial charge in [-0.3, -0.25) is 9.78 Å². The van der Waals surface area contributed by atoms with Gasteiger partial charge in [0.05, 0.1) is 17.8 Å². The monoisotopic (exact) mass is 481 g/mol. The maximum absolute atomic E-state index is 11.7. The van der Waals surface area contributed by atoms with E-state index in [9.17, 15) is 4.79 Å². The van der Waals surface area contributed by atoms with Crippen molar-refractivity contribution in [3.63, 3.8) is 0 Å². The molecule has 1 saturated heterocycles. The standard InChI is InChI=1S/C27H27N7O2/c1-2-24(35)32-21-10-11-30-23(14-21)22-5-3-4-18-15-31-26(34-25(18)22)33-20-8-6-19(7-9-20)27(16-28)17-29-12-13-36-27/h2-11,14-15,29H,1,12-13,16-17,28H2,(H,30,32,35)(H,31,33,34)/t27-/m1/s1. The van der Waals surface area contributed by atoms with Gasteiger partial charge in [-0.1, -0.05) is 36.9 Å². The van der Waals surface area contributed by atoms with Gasteiger partial charge in [0.15, 0.2) is 0 Å². The van der Waals surface area contributed by atoms with Crippen LogP contribution in [-0.2, 0) is 15.1 Å². The number of carbonyl (C=O) groups excluding carboxylic acids is 1. The molecule has 2 aromatic carbocycles. The fourth-order valence-electron chi connectivity index (χ4n) is 4.25. The first-order valence-corrected chi connectivity index (χ1v) is 11.7. The number of pyridine rings is 1. The number of para-hydroxylation sites is 1. The second-order valence-corrected chi connectivity index (χ2v) is 8.49. The van der Waals surface area contributed by atoms with Gasteiger partial charge >= 0.3 is 0 Å². The van der Waals surface area contributed by atoms with E-state index in [-0.39, 0.29) is 5.91 Å². The SMILES string of the molecule is C=CC(=O)Nc1ccnc(-c2cccc3cnc(Nc4ccc([C@@]5(CN)CNCCO5)cc4)nc23)c1. The molecule has 2 aromatic heterocycles. The number of amides is 1. The molecule has 1 fully saturated rings. The number of morpholine rings is 1. The zero-order chi connectivity index (χ0) is 25.0. The van der Waals surface area contributed by atoms with Gasteiger partial charge in [0.2, 0.25) is 11.9 Å². The largest absolute Gasteiger partial charge is 0.366 e. The molecular formula is C27H27N7O2. The second-order valence-electron chi connectivity index (χ2n) is 8.49. The molecule has 36 heavy (non-hydrogen) atoms. The summed E-state index contributed by atoms with van der Waals surface area (Å²) in [6.45, 7) is 6.02. The predicted octanol–water partition coefficient (Wildman–Crippen LogP) is 3.33. The number of benzene rings is 2. The fraction of sp³-hybridized carbons (Fsp3) is 0.185. The van der Waals surface area contributed by atoms with Crippen LogP contribution in [0.4, 0.5) is 17.3 Å². The lowest BCUT2D eigenvalue weighted by molar-refractivity contribution is -0.111. The molecule has 1 aliphatic rings. The summed E-state index contributed by atoms with van der Waals surface area (Å²) < 4.78 is 6.03. The molecule has 0 unspecified atom stereocenters. The van der Waals surface area contributed by atoms with Gasteiger partial charge in [-0.05, 0) is 35.9 Å². The van der Waals surface area contributed by atoms with Crippen molar-refractivity contribution < 1.29 is 9.53 Å². The minimum absolute atomic E-state index is 0.284. The second kappa shape index (κ2) is 10.2. The molecule has 0 aliphatic carbocycles. The van der Waals surface area contributed by atoms with Crippen molar-refractivity contribution in [3.8, 4) is 11.3 Å². The first-order valence-electron chi connectivity index (χ1n) is 11.7. The lowest BCUT2D eigenvalue weighted by Gasteiger charge is -2.37. The van der Waals surface area contributed by atoms with Crippen molar-refractivity contribution >= 4 is 34.1 Å². The highest BCUT2D eigenvalue weighted by Crippen LogP contribution is 2.30. The number of carbonyl (C=O) groups is 1. The molecule has 1 atom stereocenters. The van der Waals surface area contributed by atoms with Crippen molar-refractivity contribution in [2.75, 3.05) is 36.9 Å². The van der Waals surface area contributed by atoms with E-state index in [2.05, 4.69) is 32.5 Å². The normalized spacial score (nSPS) is 17.5. The van der Waals surface area contributed by atoms with Crippen LogP contribution in [0.25, 0.3) is 22.2 Å². The van der Waals surface area contributed by atoms with E-state index in [0.29, 0.717) is 37.0 Å². The number of nitrogens with zero attached hydrogens (tertiary/aromatic N) is 3. The lowest BCUT2D eigenvalue weighted by atomic mass is 9.92. The molecule has 1 amide bonds. The zero-order valence-corrected chi connectivity index (χ0v) is 19.7. The van der Waals surface area contributed by atoms with Gasteiger partial charge in [-0.15, -0.1) is 0 Å². The number of anilines is 3. The first-order chi connectivity index (χ1) is 17.6. The van der Waals surface area contributed by atoms with E-state index in [0.717, 1.165) is 34.3 Å². The van der Waals surface area contributed by atoms with Crippen LogP contribution in [0.1, 0.15) is 5.56 Å². The molecule has 0 radical (unpaired) electrons. The topological polar surface area (TPSA) is 127 Å². The molecular weight excluding hydrogens is 454 g/mol. The van der Waals surface area contributed by atoms with Gasteiger partial charge < -0.3 is 26.4 Å². The predicted molar refractivity (Wildman–Crippen MR) is 141 cm³/mol. The maximum Gasteiger partial charge on any atom is 0.247 e. The molecule has 0 saturated carbocycles. The van der Waals surface area contributed by atoms with E-state index < -0.39 is 5.60 Å². The Hall–Kier alpha value is -4.18. The third-order valence-corrected chi connectivity index (χ3v) is 6.16. The van der Waals surface area contributed by atoms with E-state index in [1.165, 1.54) is 6.08 Å². The summed E-state index contributed by atoms with van der Waals surface area (Å²) in [6.07, 6.45) is 4.65. The molecule has 5 rings (SSSR count). The van der Waals surface area contributed by atoms with Crippen LogP contribution in [0.5, 0.6) is 0 Å². The quantitative estimate of drug-likeness (QED) is 0.296. The molecule has 182 valence electrons.